The number of rotatable bonds is 5. The molecule has 0 atom stereocenters. The van der Waals surface area contributed by atoms with Gasteiger partial charge in [0, 0.05) is 22.7 Å². The van der Waals surface area contributed by atoms with Gasteiger partial charge < -0.3 is 10.6 Å². The Balaban J connectivity index is 1.97. The zero-order chi connectivity index (χ0) is 14.4. The molecule has 2 rings (SSSR count). The number of carbonyl (C=O) groups is 2. The summed E-state index contributed by atoms with van der Waals surface area (Å²) in [5.74, 6) is -0.113. The van der Waals surface area contributed by atoms with Gasteiger partial charge in [-0.1, -0.05) is 19.1 Å². The molecule has 104 valence electrons. The fourth-order valence-corrected chi connectivity index (χ4v) is 2.40. The third-order valence-electron chi connectivity index (χ3n) is 2.67. The maximum Gasteiger partial charge on any atom is 0.229 e. The second-order valence-electron chi connectivity index (χ2n) is 4.29. The monoisotopic (exact) mass is 288 g/mol. The highest BCUT2D eigenvalue weighted by molar-refractivity contribution is 7.10. The van der Waals surface area contributed by atoms with Crippen molar-refractivity contribution in [2.45, 2.75) is 19.8 Å². The second-order valence-corrected chi connectivity index (χ2v) is 5.32. The number of hydrogen-bond acceptors (Lipinski definition) is 3. The largest absolute Gasteiger partial charge is 0.326 e. The van der Waals surface area contributed by atoms with Crippen molar-refractivity contribution in [1.82, 2.24) is 0 Å². The van der Waals surface area contributed by atoms with Crippen LogP contribution in [-0.2, 0) is 16.0 Å². The summed E-state index contributed by atoms with van der Waals surface area (Å²) in [7, 11) is 0. The first kappa shape index (κ1) is 14.3. The fourth-order valence-electron chi connectivity index (χ4n) is 1.70. The molecule has 1 heterocycles. The minimum absolute atomic E-state index is 0.0490. The maximum absolute atomic E-state index is 11.9. The van der Waals surface area contributed by atoms with Crippen LogP contribution in [0, 0.1) is 0 Å². The number of anilines is 2. The standard InChI is InChI=1S/C15H16N2O2S/c1-2-14(18)16-11-5-3-6-12(9-11)17-15(19)10-13-7-4-8-20-13/h3-9H,2,10H2,1H3,(H,16,18)(H,17,19). The molecule has 0 spiro atoms. The lowest BCUT2D eigenvalue weighted by Crippen LogP contribution is -2.14. The molecule has 5 heteroatoms. The Labute approximate surface area is 121 Å². The summed E-state index contributed by atoms with van der Waals surface area (Å²) in [5.41, 5.74) is 1.37. The zero-order valence-electron chi connectivity index (χ0n) is 11.2. The van der Waals surface area contributed by atoms with Gasteiger partial charge in [0.05, 0.1) is 6.42 Å². The fraction of sp³-hybridized carbons (Fsp3) is 0.200. The molecule has 1 aromatic heterocycles. The predicted molar refractivity (Wildman–Crippen MR) is 82.0 cm³/mol. The molecule has 0 aliphatic carbocycles. The van der Waals surface area contributed by atoms with E-state index in [1.54, 1.807) is 42.5 Å². The van der Waals surface area contributed by atoms with Crippen LogP contribution in [0.4, 0.5) is 11.4 Å². The molecule has 0 bridgehead atoms. The van der Waals surface area contributed by atoms with Crippen LogP contribution in [-0.4, -0.2) is 11.8 Å². The summed E-state index contributed by atoms with van der Waals surface area (Å²) in [6, 6.07) is 11.0. The van der Waals surface area contributed by atoms with Gasteiger partial charge in [-0.15, -0.1) is 11.3 Å². The number of thiophene rings is 1. The first-order chi connectivity index (χ1) is 9.67. The van der Waals surface area contributed by atoms with Gasteiger partial charge in [-0.3, -0.25) is 9.59 Å². The highest BCUT2D eigenvalue weighted by Gasteiger charge is 2.06. The van der Waals surface area contributed by atoms with E-state index < -0.39 is 0 Å². The number of amides is 2. The molecule has 2 aromatic rings. The van der Waals surface area contributed by atoms with Crippen molar-refractivity contribution in [3.63, 3.8) is 0 Å². The average molecular weight is 288 g/mol. The van der Waals surface area contributed by atoms with E-state index >= 15 is 0 Å². The molecule has 0 fully saturated rings. The van der Waals surface area contributed by atoms with Crippen LogP contribution in [0.15, 0.2) is 41.8 Å². The van der Waals surface area contributed by atoms with E-state index in [-0.39, 0.29) is 11.8 Å². The lowest BCUT2D eigenvalue weighted by atomic mass is 10.2. The van der Waals surface area contributed by atoms with Crippen molar-refractivity contribution < 1.29 is 9.59 Å². The van der Waals surface area contributed by atoms with E-state index in [0.717, 1.165) is 4.88 Å². The predicted octanol–water partition coefficient (Wildman–Crippen LogP) is 3.28. The van der Waals surface area contributed by atoms with E-state index in [4.69, 9.17) is 0 Å². The molecule has 0 radical (unpaired) electrons. The van der Waals surface area contributed by atoms with Gasteiger partial charge in [-0.25, -0.2) is 0 Å². The van der Waals surface area contributed by atoms with Crippen molar-refractivity contribution >= 4 is 34.5 Å². The van der Waals surface area contributed by atoms with E-state index in [2.05, 4.69) is 10.6 Å². The van der Waals surface area contributed by atoms with E-state index in [1.165, 1.54) is 0 Å². The SMILES string of the molecule is CCC(=O)Nc1cccc(NC(=O)Cc2cccs2)c1. The summed E-state index contributed by atoms with van der Waals surface area (Å²) in [4.78, 5) is 24.2. The minimum Gasteiger partial charge on any atom is -0.326 e. The van der Waals surface area contributed by atoms with E-state index in [0.29, 0.717) is 24.2 Å². The minimum atomic E-state index is -0.0635. The molecule has 0 saturated carbocycles. The Kier molecular flexibility index (Phi) is 4.90. The number of carbonyl (C=O) groups excluding carboxylic acids is 2. The number of benzene rings is 1. The van der Waals surface area contributed by atoms with Gasteiger partial charge in [0.25, 0.3) is 0 Å². The van der Waals surface area contributed by atoms with Crippen molar-refractivity contribution in [2.24, 2.45) is 0 Å². The Morgan fingerprint density at radius 1 is 1.05 bits per heavy atom. The van der Waals surface area contributed by atoms with Crippen LogP contribution in [0.3, 0.4) is 0 Å². The van der Waals surface area contributed by atoms with Gasteiger partial charge in [0.15, 0.2) is 0 Å². The highest BCUT2D eigenvalue weighted by atomic mass is 32.1. The molecule has 1 aromatic carbocycles. The molecular weight excluding hydrogens is 272 g/mol. The molecule has 2 N–H and O–H groups in total. The van der Waals surface area contributed by atoms with E-state index in [1.807, 2.05) is 17.5 Å². The number of hydrogen-bond donors (Lipinski definition) is 2. The first-order valence-corrected chi connectivity index (χ1v) is 7.27. The molecule has 0 aliphatic heterocycles. The summed E-state index contributed by atoms with van der Waals surface area (Å²) < 4.78 is 0. The molecule has 0 unspecified atom stereocenters. The normalized spacial score (nSPS) is 10.1. The molecule has 20 heavy (non-hydrogen) atoms. The quantitative estimate of drug-likeness (QED) is 0.887. The number of nitrogens with one attached hydrogen (secondary N) is 2. The molecule has 2 amide bonds. The van der Waals surface area contributed by atoms with Crippen LogP contribution in [0.25, 0.3) is 0 Å². The summed E-state index contributed by atoms with van der Waals surface area (Å²) in [5, 5.41) is 7.54. The van der Waals surface area contributed by atoms with Gasteiger partial charge in [-0.05, 0) is 29.6 Å². The highest BCUT2D eigenvalue weighted by Crippen LogP contribution is 2.16. The molecular formula is C15H16N2O2S. The van der Waals surface area contributed by atoms with Gasteiger partial charge >= 0.3 is 0 Å². The molecule has 0 aliphatic rings. The average Bonchev–Trinajstić information content (AvgIpc) is 2.91. The van der Waals surface area contributed by atoms with Crippen LogP contribution in [0.2, 0.25) is 0 Å². The first-order valence-electron chi connectivity index (χ1n) is 6.39. The van der Waals surface area contributed by atoms with Gasteiger partial charge in [-0.2, -0.15) is 0 Å². The molecule has 4 nitrogen and oxygen atoms in total. The van der Waals surface area contributed by atoms with Gasteiger partial charge in [0.1, 0.15) is 0 Å². The smallest absolute Gasteiger partial charge is 0.229 e. The van der Waals surface area contributed by atoms with Crippen molar-refractivity contribution in [3.05, 3.63) is 46.7 Å². The second kappa shape index (κ2) is 6.86. The van der Waals surface area contributed by atoms with Crippen molar-refractivity contribution in [3.8, 4) is 0 Å². The summed E-state index contributed by atoms with van der Waals surface area (Å²) in [6.07, 6.45) is 0.790. The Morgan fingerprint density at radius 3 is 2.35 bits per heavy atom. The third kappa shape index (κ3) is 4.20. The van der Waals surface area contributed by atoms with Crippen molar-refractivity contribution in [2.75, 3.05) is 10.6 Å². The molecule has 0 saturated heterocycles. The lowest BCUT2D eigenvalue weighted by molar-refractivity contribution is -0.116. The zero-order valence-corrected chi connectivity index (χ0v) is 12.0. The summed E-state index contributed by atoms with van der Waals surface area (Å²) >= 11 is 1.56. The van der Waals surface area contributed by atoms with Gasteiger partial charge in [0.2, 0.25) is 11.8 Å². The van der Waals surface area contributed by atoms with E-state index in [9.17, 15) is 9.59 Å². The lowest BCUT2D eigenvalue weighted by Gasteiger charge is -2.08. The summed E-state index contributed by atoms with van der Waals surface area (Å²) in [6.45, 7) is 1.79. The Bertz CT molecular complexity index is 594. The van der Waals surface area contributed by atoms with Crippen LogP contribution in [0.1, 0.15) is 18.2 Å². The van der Waals surface area contributed by atoms with Crippen LogP contribution >= 0.6 is 11.3 Å². The van der Waals surface area contributed by atoms with Crippen molar-refractivity contribution in [1.29, 1.82) is 0 Å². The third-order valence-corrected chi connectivity index (χ3v) is 3.54. The van der Waals surface area contributed by atoms with Crippen LogP contribution in [0.5, 0.6) is 0 Å². The Morgan fingerprint density at radius 2 is 1.75 bits per heavy atom. The topological polar surface area (TPSA) is 58.2 Å². The Hall–Kier alpha value is -2.14. The maximum atomic E-state index is 11.9. The van der Waals surface area contributed by atoms with Crippen LogP contribution < -0.4 is 10.6 Å².